The molecule has 6 heteroatoms. The van der Waals surface area contributed by atoms with Gasteiger partial charge in [0.15, 0.2) is 0 Å². The number of benzene rings is 2. The maximum atomic E-state index is 12.8. The number of amides is 2. The zero-order valence-corrected chi connectivity index (χ0v) is 18.0. The molecule has 1 spiro atoms. The number of piperidine rings is 1. The van der Waals surface area contributed by atoms with E-state index in [4.69, 9.17) is 23.2 Å². The van der Waals surface area contributed by atoms with Crippen LogP contribution in [0.3, 0.4) is 0 Å². The zero-order valence-electron chi connectivity index (χ0n) is 16.5. The summed E-state index contributed by atoms with van der Waals surface area (Å²) in [7, 11) is 0. The molecular weight excluding hydrogens is 407 g/mol. The topological polar surface area (TPSA) is 58.2 Å². The van der Waals surface area contributed by atoms with Crippen molar-refractivity contribution in [2.24, 2.45) is 0 Å². The number of rotatable bonds is 2. The van der Waals surface area contributed by atoms with Gasteiger partial charge in [-0.05, 0) is 49.6 Å². The number of nitrogens with one attached hydrogen (secondary N) is 2. The summed E-state index contributed by atoms with van der Waals surface area (Å²) in [5, 5.41) is 7.34. The molecule has 0 aliphatic carbocycles. The highest BCUT2D eigenvalue weighted by atomic mass is 35.5. The van der Waals surface area contributed by atoms with Crippen LogP contribution in [0.2, 0.25) is 10.0 Å². The van der Waals surface area contributed by atoms with Gasteiger partial charge in [-0.25, -0.2) is 0 Å². The molecule has 2 aliphatic heterocycles. The minimum atomic E-state index is -0.733. The maximum Gasteiger partial charge on any atom is 0.237 e. The summed E-state index contributed by atoms with van der Waals surface area (Å²) in [6.07, 6.45) is 3.80. The van der Waals surface area contributed by atoms with Gasteiger partial charge in [-0.3, -0.25) is 9.59 Å². The van der Waals surface area contributed by atoms with E-state index < -0.39 is 5.41 Å². The van der Waals surface area contributed by atoms with Crippen molar-refractivity contribution in [1.82, 2.24) is 5.32 Å². The Morgan fingerprint density at radius 2 is 1.86 bits per heavy atom. The van der Waals surface area contributed by atoms with E-state index in [9.17, 15) is 9.59 Å². The van der Waals surface area contributed by atoms with Crippen LogP contribution in [0.5, 0.6) is 0 Å². The third-order valence-corrected chi connectivity index (χ3v) is 5.86. The lowest BCUT2D eigenvalue weighted by Gasteiger charge is -2.40. The number of carbonyl (C=O) groups excluding carboxylic acids is 2. The summed E-state index contributed by atoms with van der Waals surface area (Å²) in [4.78, 5) is 24.7. The Bertz CT molecular complexity index is 943. The van der Waals surface area contributed by atoms with Crippen LogP contribution in [0.25, 0.3) is 0 Å². The Balaban J connectivity index is 0.000000290. The van der Waals surface area contributed by atoms with E-state index in [0.29, 0.717) is 17.9 Å². The molecule has 0 aromatic heterocycles. The van der Waals surface area contributed by atoms with Crippen molar-refractivity contribution in [2.75, 3.05) is 5.32 Å². The van der Waals surface area contributed by atoms with Gasteiger partial charge in [0.05, 0.1) is 6.04 Å². The zero-order chi connectivity index (χ0) is 21.0. The molecule has 4 rings (SSSR count). The molecule has 0 unspecified atom stereocenters. The standard InChI is InChI=1S/C17H19ClN2O2.C6H5Cl/c1-3-4-10(2)15-17(8-7-14(21)20-15)12-6-5-11(18)9-13(12)19-16(17)22;7-6-4-2-1-3-5-6/h4-6,9,15H,3,7-8H2,1-2H3,(H,19,22)(H,20,21);1-5H/b10-4+;/t15-,17-;/m1./s1. The third kappa shape index (κ3) is 4.34. The molecule has 2 aromatic rings. The monoisotopic (exact) mass is 430 g/mol. The summed E-state index contributed by atoms with van der Waals surface area (Å²) in [6.45, 7) is 4.02. The van der Waals surface area contributed by atoms with Gasteiger partial charge in [-0.15, -0.1) is 0 Å². The predicted molar refractivity (Wildman–Crippen MR) is 118 cm³/mol. The Morgan fingerprint density at radius 3 is 2.48 bits per heavy atom. The van der Waals surface area contributed by atoms with Crippen LogP contribution >= 0.6 is 23.2 Å². The normalized spacial score (nSPS) is 23.0. The van der Waals surface area contributed by atoms with Gasteiger partial charge in [0.2, 0.25) is 11.8 Å². The molecule has 2 aliphatic rings. The number of halogens is 2. The van der Waals surface area contributed by atoms with Crippen LogP contribution in [0.15, 0.2) is 60.2 Å². The first-order chi connectivity index (χ1) is 13.9. The average molecular weight is 431 g/mol. The van der Waals surface area contributed by atoms with Crippen LogP contribution in [-0.4, -0.2) is 17.9 Å². The van der Waals surface area contributed by atoms with Crippen molar-refractivity contribution in [3.8, 4) is 0 Å². The molecule has 1 saturated heterocycles. The van der Waals surface area contributed by atoms with Crippen LogP contribution in [0, 0.1) is 0 Å². The fourth-order valence-corrected chi connectivity index (χ4v) is 4.39. The van der Waals surface area contributed by atoms with Crippen LogP contribution in [-0.2, 0) is 15.0 Å². The highest BCUT2D eigenvalue weighted by Gasteiger charge is 2.55. The van der Waals surface area contributed by atoms with Gasteiger partial charge in [-0.2, -0.15) is 0 Å². The van der Waals surface area contributed by atoms with E-state index in [1.54, 1.807) is 12.1 Å². The first-order valence-corrected chi connectivity index (χ1v) is 10.4. The molecule has 4 nitrogen and oxygen atoms in total. The van der Waals surface area contributed by atoms with E-state index in [1.807, 2.05) is 50.2 Å². The first-order valence-electron chi connectivity index (χ1n) is 9.66. The predicted octanol–water partition coefficient (Wildman–Crippen LogP) is 5.50. The molecule has 0 bridgehead atoms. The van der Waals surface area contributed by atoms with Crippen molar-refractivity contribution < 1.29 is 9.59 Å². The largest absolute Gasteiger partial charge is 0.348 e. The molecule has 1 fully saturated rings. The second kappa shape index (κ2) is 9.02. The van der Waals surface area contributed by atoms with Gasteiger partial charge in [-0.1, -0.05) is 66.0 Å². The summed E-state index contributed by atoms with van der Waals surface area (Å²) in [5.74, 6) is -0.0617. The van der Waals surface area contributed by atoms with Crippen molar-refractivity contribution in [3.63, 3.8) is 0 Å². The smallest absolute Gasteiger partial charge is 0.237 e. The summed E-state index contributed by atoms with van der Waals surface area (Å²) in [6, 6.07) is 14.6. The third-order valence-electron chi connectivity index (χ3n) is 5.37. The number of carbonyl (C=O) groups is 2. The molecule has 2 amide bonds. The molecule has 2 heterocycles. The van der Waals surface area contributed by atoms with E-state index >= 15 is 0 Å². The Kier molecular flexibility index (Phi) is 6.66. The van der Waals surface area contributed by atoms with Crippen LogP contribution in [0.1, 0.15) is 38.7 Å². The molecule has 2 atom stereocenters. The first kappa shape index (κ1) is 21.4. The Labute approximate surface area is 181 Å². The summed E-state index contributed by atoms with van der Waals surface area (Å²) >= 11 is 11.6. The van der Waals surface area contributed by atoms with Gasteiger partial charge < -0.3 is 10.6 Å². The fraction of sp³-hybridized carbons (Fsp3) is 0.304. The molecule has 0 saturated carbocycles. The number of hydrogen-bond acceptors (Lipinski definition) is 2. The van der Waals surface area contributed by atoms with E-state index in [0.717, 1.165) is 28.3 Å². The maximum absolute atomic E-state index is 12.8. The summed E-state index contributed by atoms with van der Waals surface area (Å²) < 4.78 is 0. The Morgan fingerprint density at radius 1 is 1.14 bits per heavy atom. The van der Waals surface area contributed by atoms with Gasteiger partial charge in [0.25, 0.3) is 0 Å². The van der Waals surface area contributed by atoms with Gasteiger partial charge >= 0.3 is 0 Å². The average Bonchev–Trinajstić information content (AvgIpc) is 2.96. The number of anilines is 1. The van der Waals surface area contributed by atoms with Crippen molar-refractivity contribution in [3.05, 3.63) is 75.8 Å². The Hall–Kier alpha value is -2.30. The lowest BCUT2D eigenvalue weighted by Crippen LogP contribution is -2.58. The molecular formula is C23H24Cl2N2O2. The molecule has 152 valence electrons. The van der Waals surface area contributed by atoms with Crippen molar-refractivity contribution in [2.45, 2.75) is 44.6 Å². The molecule has 2 aromatic carbocycles. The second-order valence-electron chi connectivity index (χ2n) is 7.27. The van der Waals surface area contributed by atoms with Crippen LogP contribution < -0.4 is 10.6 Å². The SMILES string of the molecule is CC/C=C(\C)[C@H]1NC(=O)CC[C@]12C(=O)Nc1cc(Cl)ccc12.Clc1ccccc1. The quantitative estimate of drug-likeness (QED) is 0.617. The van der Waals surface area contributed by atoms with Gasteiger partial charge in [0, 0.05) is 22.2 Å². The number of allylic oxidation sites excluding steroid dienone is 1. The highest BCUT2D eigenvalue weighted by Crippen LogP contribution is 2.47. The van der Waals surface area contributed by atoms with Crippen molar-refractivity contribution in [1.29, 1.82) is 0 Å². The highest BCUT2D eigenvalue weighted by molar-refractivity contribution is 6.31. The minimum absolute atomic E-state index is 0.00492. The second-order valence-corrected chi connectivity index (χ2v) is 8.14. The number of hydrogen-bond donors (Lipinski definition) is 2. The van der Waals surface area contributed by atoms with E-state index in [-0.39, 0.29) is 17.9 Å². The molecule has 2 N–H and O–H groups in total. The fourth-order valence-electron chi connectivity index (χ4n) is 4.07. The molecule has 29 heavy (non-hydrogen) atoms. The number of fused-ring (bicyclic) bond motifs is 2. The van der Waals surface area contributed by atoms with Gasteiger partial charge in [0.1, 0.15) is 5.41 Å². The van der Waals surface area contributed by atoms with Crippen molar-refractivity contribution >= 4 is 40.7 Å². The minimum Gasteiger partial charge on any atom is -0.348 e. The van der Waals surface area contributed by atoms with Crippen LogP contribution in [0.4, 0.5) is 5.69 Å². The lowest BCUT2D eigenvalue weighted by molar-refractivity contribution is -0.129. The summed E-state index contributed by atoms with van der Waals surface area (Å²) in [5.41, 5.74) is 1.97. The lowest BCUT2D eigenvalue weighted by atomic mass is 9.67. The van der Waals surface area contributed by atoms with E-state index in [2.05, 4.69) is 16.7 Å². The van der Waals surface area contributed by atoms with E-state index in [1.165, 1.54) is 0 Å². The molecule has 0 radical (unpaired) electrons.